The van der Waals surface area contributed by atoms with Crippen molar-refractivity contribution in [3.63, 3.8) is 0 Å². The fourth-order valence-corrected chi connectivity index (χ4v) is 3.30. The van der Waals surface area contributed by atoms with Gasteiger partial charge in [-0.2, -0.15) is 11.8 Å². The molecule has 0 saturated carbocycles. The molecule has 0 bridgehead atoms. The van der Waals surface area contributed by atoms with Crippen molar-refractivity contribution >= 4 is 29.3 Å². The maximum atomic E-state index is 13.6. The largest absolute Gasteiger partial charge is 0.479 e. The molecule has 1 saturated heterocycles. The number of rotatable bonds is 4. The summed E-state index contributed by atoms with van der Waals surface area (Å²) in [5, 5.41) is 22.2. The highest BCUT2D eigenvalue weighted by Crippen LogP contribution is 2.29. The van der Waals surface area contributed by atoms with Crippen molar-refractivity contribution in [1.29, 1.82) is 0 Å². The lowest BCUT2D eigenvalue weighted by atomic mass is 9.98. The summed E-state index contributed by atoms with van der Waals surface area (Å²) < 4.78 is 13.6. The number of carbonyl (C=O) groups is 2. The molecule has 2 rings (SSSR count). The number of aliphatic carboxylic acids is 1. The number of amides is 1. The van der Waals surface area contributed by atoms with Crippen LogP contribution in [0.4, 0.5) is 10.1 Å². The van der Waals surface area contributed by atoms with Gasteiger partial charge in [-0.3, -0.25) is 14.9 Å². The number of benzene rings is 1. The number of nitro groups is 1. The van der Waals surface area contributed by atoms with Crippen LogP contribution < -0.4 is 5.32 Å². The van der Waals surface area contributed by atoms with Crippen molar-refractivity contribution in [3.05, 3.63) is 39.7 Å². The highest BCUT2D eigenvalue weighted by Gasteiger charge is 2.43. The van der Waals surface area contributed by atoms with Crippen LogP contribution in [0.2, 0.25) is 0 Å². The molecule has 1 atom stereocenters. The Morgan fingerprint density at radius 1 is 1.48 bits per heavy atom. The van der Waals surface area contributed by atoms with Crippen LogP contribution in [-0.2, 0) is 4.79 Å². The number of carboxylic acid groups (broad SMARTS) is 1. The van der Waals surface area contributed by atoms with E-state index < -0.39 is 39.4 Å². The van der Waals surface area contributed by atoms with Crippen LogP contribution >= 0.6 is 11.8 Å². The predicted molar refractivity (Wildman–Crippen MR) is 72.8 cm³/mol. The molecule has 0 aromatic heterocycles. The van der Waals surface area contributed by atoms with Crippen molar-refractivity contribution < 1.29 is 24.0 Å². The van der Waals surface area contributed by atoms with Crippen molar-refractivity contribution in [2.24, 2.45) is 0 Å². The number of nitro benzene ring substituents is 1. The Kier molecular flexibility index (Phi) is 4.12. The minimum atomic E-state index is -1.46. The van der Waals surface area contributed by atoms with Crippen molar-refractivity contribution in [2.75, 3.05) is 11.5 Å². The first-order chi connectivity index (χ1) is 9.85. The molecule has 0 radical (unpaired) electrons. The summed E-state index contributed by atoms with van der Waals surface area (Å²) in [6.07, 6.45) is 0.218. The molecule has 1 unspecified atom stereocenters. The zero-order chi connectivity index (χ0) is 15.6. The zero-order valence-electron chi connectivity index (χ0n) is 10.7. The Labute approximate surface area is 122 Å². The number of non-ortho nitro benzene ring substituents is 1. The number of hydrogen-bond donors (Lipinski definition) is 2. The van der Waals surface area contributed by atoms with E-state index in [-0.39, 0.29) is 12.2 Å². The molecule has 21 heavy (non-hydrogen) atoms. The summed E-state index contributed by atoms with van der Waals surface area (Å²) in [4.78, 5) is 33.3. The quantitative estimate of drug-likeness (QED) is 0.642. The maximum Gasteiger partial charge on any atom is 0.330 e. The molecule has 112 valence electrons. The molecule has 1 aromatic carbocycles. The minimum Gasteiger partial charge on any atom is -0.479 e. The summed E-state index contributed by atoms with van der Waals surface area (Å²) >= 11 is 1.36. The smallest absolute Gasteiger partial charge is 0.330 e. The molecule has 1 aliphatic rings. The zero-order valence-corrected chi connectivity index (χ0v) is 11.5. The molecular weight excluding hydrogens is 303 g/mol. The second-order valence-electron chi connectivity index (χ2n) is 4.57. The van der Waals surface area contributed by atoms with Gasteiger partial charge in [0, 0.05) is 17.9 Å². The van der Waals surface area contributed by atoms with E-state index in [0.717, 1.165) is 18.2 Å². The minimum absolute atomic E-state index is 0.171. The molecule has 9 heteroatoms. The Balaban J connectivity index is 2.30. The van der Waals surface area contributed by atoms with E-state index in [2.05, 4.69) is 5.32 Å². The van der Waals surface area contributed by atoms with Crippen LogP contribution in [-0.4, -0.2) is 39.0 Å². The first-order valence-electron chi connectivity index (χ1n) is 5.93. The fraction of sp³-hybridized carbons (Fsp3) is 0.333. The van der Waals surface area contributed by atoms with Gasteiger partial charge in [-0.25, -0.2) is 9.18 Å². The Hall–Kier alpha value is -2.16. The first-order valence-corrected chi connectivity index (χ1v) is 7.09. The first kappa shape index (κ1) is 15.2. The lowest BCUT2D eigenvalue weighted by Crippen LogP contribution is -2.54. The molecule has 1 fully saturated rings. The second-order valence-corrected chi connectivity index (χ2v) is 5.67. The van der Waals surface area contributed by atoms with E-state index >= 15 is 0 Å². The second kappa shape index (κ2) is 5.68. The summed E-state index contributed by atoms with van der Waals surface area (Å²) in [7, 11) is 0. The molecule has 0 aliphatic carbocycles. The number of hydrogen-bond acceptors (Lipinski definition) is 5. The van der Waals surface area contributed by atoms with E-state index in [4.69, 9.17) is 0 Å². The van der Waals surface area contributed by atoms with Crippen molar-refractivity contribution in [3.8, 4) is 0 Å². The van der Waals surface area contributed by atoms with E-state index in [1.807, 2.05) is 0 Å². The molecule has 2 N–H and O–H groups in total. The van der Waals surface area contributed by atoms with E-state index in [9.17, 15) is 29.2 Å². The highest BCUT2D eigenvalue weighted by molar-refractivity contribution is 7.99. The van der Waals surface area contributed by atoms with E-state index in [1.165, 1.54) is 11.8 Å². The topological polar surface area (TPSA) is 110 Å². The molecule has 7 nitrogen and oxygen atoms in total. The van der Waals surface area contributed by atoms with Crippen LogP contribution in [0, 0.1) is 15.9 Å². The van der Waals surface area contributed by atoms with Gasteiger partial charge in [0.25, 0.3) is 11.6 Å². The molecular formula is C12H11FN2O5S. The Morgan fingerprint density at radius 2 is 2.19 bits per heavy atom. The maximum absolute atomic E-state index is 13.6. The normalized spacial score (nSPS) is 21.0. The fourth-order valence-electron chi connectivity index (χ4n) is 1.97. The SMILES string of the molecule is O=C(NC1(C(=O)O)CCSC1)c1cc([N+](=O)[O-])ccc1F. The molecule has 0 spiro atoms. The third-order valence-electron chi connectivity index (χ3n) is 3.19. The highest BCUT2D eigenvalue weighted by atomic mass is 32.2. The molecule has 1 aromatic rings. The third-order valence-corrected chi connectivity index (χ3v) is 4.38. The van der Waals surface area contributed by atoms with Gasteiger partial charge in [-0.1, -0.05) is 0 Å². The van der Waals surface area contributed by atoms with Gasteiger partial charge in [0.2, 0.25) is 0 Å². The Bertz CT molecular complexity index is 616. The summed E-state index contributed by atoms with van der Waals surface area (Å²) in [6.45, 7) is 0. The summed E-state index contributed by atoms with van der Waals surface area (Å²) in [6, 6.07) is 2.54. The van der Waals surface area contributed by atoms with Crippen LogP contribution in [0.1, 0.15) is 16.8 Å². The monoisotopic (exact) mass is 314 g/mol. The number of nitrogens with one attached hydrogen (secondary N) is 1. The average Bonchev–Trinajstić information content (AvgIpc) is 2.88. The van der Waals surface area contributed by atoms with Crippen molar-refractivity contribution in [2.45, 2.75) is 12.0 Å². The number of carboxylic acids is 1. The molecule has 1 amide bonds. The lowest BCUT2D eigenvalue weighted by Gasteiger charge is -2.24. The van der Waals surface area contributed by atoms with Gasteiger partial charge >= 0.3 is 5.97 Å². The van der Waals surface area contributed by atoms with E-state index in [0.29, 0.717) is 5.75 Å². The number of nitrogens with zero attached hydrogens (tertiary/aromatic N) is 1. The van der Waals surface area contributed by atoms with Gasteiger partial charge in [-0.05, 0) is 18.2 Å². The molecule has 1 heterocycles. The van der Waals surface area contributed by atoms with Crippen LogP contribution in [0.3, 0.4) is 0 Å². The third kappa shape index (κ3) is 2.97. The van der Waals surface area contributed by atoms with Crippen LogP contribution in [0.25, 0.3) is 0 Å². The number of thioether (sulfide) groups is 1. The van der Waals surface area contributed by atoms with Crippen LogP contribution in [0.5, 0.6) is 0 Å². The average molecular weight is 314 g/mol. The van der Waals surface area contributed by atoms with Crippen molar-refractivity contribution in [1.82, 2.24) is 5.32 Å². The standard InChI is InChI=1S/C12H11FN2O5S/c13-9-2-1-7(15(19)20)5-8(9)10(16)14-12(11(17)18)3-4-21-6-12/h1-2,5H,3-4,6H2,(H,14,16)(H,17,18). The number of halogens is 1. The van der Waals surface area contributed by atoms with E-state index in [1.54, 1.807) is 0 Å². The lowest BCUT2D eigenvalue weighted by molar-refractivity contribution is -0.384. The molecule has 1 aliphatic heterocycles. The van der Waals surface area contributed by atoms with Crippen LogP contribution in [0.15, 0.2) is 18.2 Å². The van der Waals surface area contributed by atoms with Gasteiger partial charge in [0.15, 0.2) is 0 Å². The van der Waals surface area contributed by atoms with Gasteiger partial charge in [-0.15, -0.1) is 0 Å². The number of carbonyl (C=O) groups excluding carboxylic acids is 1. The summed E-state index contributed by atoms with van der Waals surface area (Å²) in [5.41, 5.74) is -2.44. The van der Waals surface area contributed by atoms with Gasteiger partial charge in [0.05, 0.1) is 10.5 Å². The summed E-state index contributed by atoms with van der Waals surface area (Å²) in [5.74, 6) is -2.38. The predicted octanol–water partition coefficient (Wildman–Crippen LogP) is 1.42. The van der Waals surface area contributed by atoms with Gasteiger partial charge < -0.3 is 10.4 Å². The Morgan fingerprint density at radius 3 is 2.71 bits per heavy atom. The van der Waals surface area contributed by atoms with Gasteiger partial charge in [0.1, 0.15) is 11.4 Å².